The van der Waals surface area contributed by atoms with Crippen molar-refractivity contribution < 1.29 is 4.79 Å². The van der Waals surface area contributed by atoms with E-state index in [1.165, 1.54) is 0 Å². The second kappa shape index (κ2) is 6.23. The van der Waals surface area contributed by atoms with E-state index in [0.29, 0.717) is 6.54 Å². The quantitative estimate of drug-likeness (QED) is 0.832. The lowest BCUT2D eigenvalue weighted by Gasteiger charge is -2.25. The number of rotatable bonds is 4. The van der Waals surface area contributed by atoms with Crippen LogP contribution in [0.5, 0.6) is 0 Å². The van der Waals surface area contributed by atoms with Crippen molar-refractivity contribution in [2.24, 2.45) is 0 Å². The Morgan fingerprint density at radius 1 is 1.32 bits per heavy atom. The van der Waals surface area contributed by atoms with E-state index in [2.05, 4.69) is 20.4 Å². The highest BCUT2D eigenvalue weighted by atomic mass is 16.2. The van der Waals surface area contributed by atoms with Crippen LogP contribution in [-0.2, 0) is 11.3 Å². The summed E-state index contributed by atoms with van der Waals surface area (Å²) in [5.41, 5.74) is 0.928. The SMILES string of the molecule is CN(C)C(=O)C1CCCN1Cc1nnnn1-c1ccccc1. The number of para-hydroxylation sites is 1. The molecule has 1 atom stereocenters. The van der Waals surface area contributed by atoms with Crippen LogP contribution in [-0.4, -0.2) is 62.6 Å². The second-order valence-electron chi connectivity index (χ2n) is 5.70. The summed E-state index contributed by atoms with van der Waals surface area (Å²) >= 11 is 0. The summed E-state index contributed by atoms with van der Waals surface area (Å²) < 4.78 is 1.73. The number of amides is 1. The molecule has 1 aromatic carbocycles. The number of hydrogen-bond acceptors (Lipinski definition) is 5. The minimum atomic E-state index is -0.0732. The van der Waals surface area contributed by atoms with Gasteiger partial charge in [0.15, 0.2) is 5.82 Å². The number of carbonyl (C=O) groups is 1. The number of aromatic nitrogens is 4. The van der Waals surface area contributed by atoms with Crippen LogP contribution in [0.1, 0.15) is 18.7 Å². The first-order valence-electron chi connectivity index (χ1n) is 7.44. The van der Waals surface area contributed by atoms with Crippen molar-refractivity contribution in [2.75, 3.05) is 20.6 Å². The molecule has 7 heteroatoms. The molecule has 2 aromatic rings. The van der Waals surface area contributed by atoms with Gasteiger partial charge in [-0.15, -0.1) is 5.10 Å². The van der Waals surface area contributed by atoms with Crippen molar-refractivity contribution in [2.45, 2.75) is 25.4 Å². The van der Waals surface area contributed by atoms with Gasteiger partial charge in [0, 0.05) is 14.1 Å². The Labute approximate surface area is 129 Å². The monoisotopic (exact) mass is 300 g/mol. The highest BCUT2D eigenvalue weighted by Gasteiger charge is 2.32. The van der Waals surface area contributed by atoms with Crippen molar-refractivity contribution >= 4 is 5.91 Å². The van der Waals surface area contributed by atoms with Gasteiger partial charge in [-0.05, 0) is 41.9 Å². The number of tetrazole rings is 1. The van der Waals surface area contributed by atoms with Gasteiger partial charge in [0.2, 0.25) is 5.91 Å². The van der Waals surface area contributed by atoms with Crippen molar-refractivity contribution in [1.29, 1.82) is 0 Å². The predicted molar refractivity (Wildman–Crippen MR) is 81.3 cm³/mol. The maximum atomic E-state index is 12.3. The van der Waals surface area contributed by atoms with Crippen LogP contribution in [0.2, 0.25) is 0 Å². The molecule has 0 bridgehead atoms. The Morgan fingerprint density at radius 2 is 2.09 bits per heavy atom. The Hall–Kier alpha value is -2.28. The van der Waals surface area contributed by atoms with Crippen LogP contribution in [0, 0.1) is 0 Å². The molecule has 1 saturated heterocycles. The van der Waals surface area contributed by atoms with Crippen LogP contribution in [0.4, 0.5) is 0 Å². The molecule has 0 saturated carbocycles. The summed E-state index contributed by atoms with van der Waals surface area (Å²) in [6.45, 7) is 1.47. The number of carbonyl (C=O) groups excluding carboxylic acids is 1. The van der Waals surface area contributed by atoms with E-state index < -0.39 is 0 Å². The predicted octanol–water partition coefficient (Wildman–Crippen LogP) is 0.715. The van der Waals surface area contributed by atoms with E-state index in [9.17, 15) is 4.79 Å². The van der Waals surface area contributed by atoms with Crippen LogP contribution in [0.3, 0.4) is 0 Å². The van der Waals surface area contributed by atoms with Gasteiger partial charge < -0.3 is 4.90 Å². The number of likely N-dealkylation sites (tertiary alicyclic amines) is 1. The first-order chi connectivity index (χ1) is 10.7. The third-order valence-corrected chi connectivity index (χ3v) is 3.97. The van der Waals surface area contributed by atoms with Gasteiger partial charge in [-0.1, -0.05) is 18.2 Å². The highest BCUT2D eigenvalue weighted by molar-refractivity contribution is 5.81. The molecule has 0 N–H and O–H groups in total. The molecule has 1 aliphatic rings. The standard InChI is InChI=1S/C15H20N6O/c1-19(2)15(22)13-9-6-10-20(13)11-14-16-17-18-21(14)12-7-4-3-5-8-12/h3-5,7-8,13H,6,9-11H2,1-2H3. The molecule has 1 amide bonds. The fourth-order valence-corrected chi connectivity index (χ4v) is 2.85. The molecular formula is C15H20N6O. The van der Waals surface area contributed by atoms with E-state index in [0.717, 1.165) is 30.9 Å². The molecule has 1 aliphatic heterocycles. The highest BCUT2D eigenvalue weighted by Crippen LogP contribution is 2.21. The molecule has 3 rings (SSSR count). The zero-order valence-corrected chi connectivity index (χ0v) is 12.9. The minimum Gasteiger partial charge on any atom is -0.347 e. The molecule has 0 radical (unpaired) electrons. The Bertz CT molecular complexity index is 638. The van der Waals surface area contributed by atoms with Crippen LogP contribution in [0.25, 0.3) is 5.69 Å². The van der Waals surface area contributed by atoms with Crippen LogP contribution in [0.15, 0.2) is 30.3 Å². The van der Waals surface area contributed by atoms with Gasteiger partial charge in [-0.3, -0.25) is 9.69 Å². The number of likely N-dealkylation sites (N-methyl/N-ethyl adjacent to an activating group) is 1. The van der Waals surface area contributed by atoms with Gasteiger partial charge in [0.1, 0.15) is 0 Å². The second-order valence-corrected chi connectivity index (χ2v) is 5.70. The summed E-state index contributed by atoms with van der Waals surface area (Å²) in [4.78, 5) is 16.1. The molecule has 1 fully saturated rings. The van der Waals surface area contributed by atoms with Gasteiger partial charge in [0.05, 0.1) is 18.3 Å². The van der Waals surface area contributed by atoms with Gasteiger partial charge in [-0.25, -0.2) is 0 Å². The van der Waals surface area contributed by atoms with Crippen molar-refractivity contribution in [3.05, 3.63) is 36.2 Å². The van der Waals surface area contributed by atoms with Crippen molar-refractivity contribution in [3.8, 4) is 5.69 Å². The largest absolute Gasteiger partial charge is 0.347 e. The maximum absolute atomic E-state index is 12.3. The maximum Gasteiger partial charge on any atom is 0.239 e. The van der Waals surface area contributed by atoms with Gasteiger partial charge >= 0.3 is 0 Å². The lowest BCUT2D eigenvalue weighted by atomic mass is 10.2. The van der Waals surface area contributed by atoms with Crippen LogP contribution >= 0.6 is 0 Å². The molecule has 1 aromatic heterocycles. The van der Waals surface area contributed by atoms with Gasteiger partial charge in [-0.2, -0.15) is 4.68 Å². The number of hydrogen-bond donors (Lipinski definition) is 0. The average Bonchev–Trinajstić information content (AvgIpc) is 3.17. The van der Waals surface area contributed by atoms with Gasteiger partial charge in [0.25, 0.3) is 0 Å². The number of nitrogens with zero attached hydrogens (tertiary/aromatic N) is 6. The minimum absolute atomic E-state index is 0.0732. The fourth-order valence-electron chi connectivity index (χ4n) is 2.85. The molecule has 116 valence electrons. The smallest absolute Gasteiger partial charge is 0.239 e. The lowest BCUT2D eigenvalue weighted by Crippen LogP contribution is -2.42. The summed E-state index contributed by atoms with van der Waals surface area (Å²) in [7, 11) is 3.60. The molecule has 7 nitrogen and oxygen atoms in total. The average molecular weight is 300 g/mol. The topological polar surface area (TPSA) is 67.2 Å². The summed E-state index contributed by atoms with van der Waals surface area (Å²) in [5, 5.41) is 12.0. The Morgan fingerprint density at radius 3 is 2.82 bits per heavy atom. The fraction of sp³-hybridized carbons (Fsp3) is 0.467. The zero-order valence-electron chi connectivity index (χ0n) is 12.9. The Kier molecular flexibility index (Phi) is 4.15. The number of benzene rings is 1. The molecule has 1 unspecified atom stereocenters. The summed E-state index contributed by atoms with van der Waals surface area (Å²) in [6.07, 6.45) is 1.92. The third-order valence-electron chi connectivity index (χ3n) is 3.97. The first kappa shape index (κ1) is 14.6. The summed E-state index contributed by atoms with van der Waals surface area (Å²) in [6, 6.07) is 9.72. The van der Waals surface area contributed by atoms with Crippen LogP contribution < -0.4 is 0 Å². The lowest BCUT2D eigenvalue weighted by molar-refractivity contribution is -0.133. The van der Waals surface area contributed by atoms with E-state index in [-0.39, 0.29) is 11.9 Å². The Balaban J connectivity index is 1.79. The first-order valence-corrected chi connectivity index (χ1v) is 7.44. The van der Waals surface area contributed by atoms with E-state index in [4.69, 9.17) is 0 Å². The zero-order chi connectivity index (χ0) is 15.5. The molecule has 0 aliphatic carbocycles. The van der Waals surface area contributed by atoms with Crippen molar-refractivity contribution in [3.63, 3.8) is 0 Å². The van der Waals surface area contributed by atoms with Crippen molar-refractivity contribution in [1.82, 2.24) is 30.0 Å². The molecule has 0 spiro atoms. The van der Waals surface area contributed by atoms with E-state index in [1.807, 2.05) is 30.3 Å². The molecule has 2 heterocycles. The summed E-state index contributed by atoms with van der Waals surface area (Å²) in [5.74, 6) is 0.904. The molecular weight excluding hydrogens is 280 g/mol. The van der Waals surface area contributed by atoms with E-state index in [1.54, 1.807) is 23.7 Å². The van der Waals surface area contributed by atoms with E-state index >= 15 is 0 Å². The normalized spacial score (nSPS) is 18.5. The molecule has 22 heavy (non-hydrogen) atoms. The third kappa shape index (κ3) is 2.85.